The summed E-state index contributed by atoms with van der Waals surface area (Å²) in [6, 6.07) is 5.35. The first-order valence-corrected chi connectivity index (χ1v) is 6.08. The number of nitrogens with zero attached hydrogens (tertiary/aromatic N) is 1. The van der Waals surface area contributed by atoms with Crippen molar-refractivity contribution in [3.63, 3.8) is 0 Å². The van der Waals surface area contributed by atoms with E-state index in [9.17, 15) is 5.11 Å². The zero-order chi connectivity index (χ0) is 12.7. The molecule has 0 aromatic heterocycles. The number of nitrogens with two attached hydrogens (primary N) is 1. The van der Waals surface area contributed by atoms with Crippen LogP contribution in [0.4, 0.5) is 5.69 Å². The minimum atomic E-state index is 0.143. The van der Waals surface area contributed by atoms with E-state index in [2.05, 4.69) is 11.8 Å². The van der Waals surface area contributed by atoms with Gasteiger partial charge in [-0.05, 0) is 43.6 Å². The minimum Gasteiger partial charge on any atom is -0.506 e. The molecule has 0 aliphatic carbocycles. The van der Waals surface area contributed by atoms with Crippen LogP contribution in [-0.4, -0.2) is 41.4 Å². The Morgan fingerprint density at radius 1 is 1.29 bits per heavy atom. The van der Waals surface area contributed by atoms with Crippen molar-refractivity contribution in [2.45, 2.75) is 19.8 Å². The molecule has 96 valence electrons. The number of hydrogen-bond acceptors (Lipinski definition) is 4. The molecule has 1 rings (SSSR count). The summed E-state index contributed by atoms with van der Waals surface area (Å²) in [5.41, 5.74) is 7.21. The summed E-state index contributed by atoms with van der Waals surface area (Å²) in [5.74, 6) is 0.143. The standard InChI is InChI=1S/C13H22N2O2/c1-2-15(8-9-16)7-3-4-11-5-6-13(17)12(14)10-11/h5-6,10,16-17H,2-4,7-9,14H2,1H3. The van der Waals surface area contributed by atoms with Gasteiger partial charge in [0, 0.05) is 6.54 Å². The lowest BCUT2D eigenvalue weighted by atomic mass is 10.1. The van der Waals surface area contributed by atoms with Crippen molar-refractivity contribution < 1.29 is 10.2 Å². The molecule has 4 heteroatoms. The Kier molecular flexibility index (Phi) is 5.80. The lowest BCUT2D eigenvalue weighted by Gasteiger charge is -2.18. The number of aliphatic hydroxyl groups excluding tert-OH is 1. The van der Waals surface area contributed by atoms with E-state index < -0.39 is 0 Å². The van der Waals surface area contributed by atoms with Crippen LogP contribution >= 0.6 is 0 Å². The summed E-state index contributed by atoms with van der Waals surface area (Å²) >= 11 is 0. The fourth-order valence-corrected chi connectivity index (χ4v) is 1.84. The van der Waals surface area contributed by atoms with E-state index in [4.69, 9.17) is 10.8 Å². The van der Waals surface area contributed by atoms with Gasteiger partial charge in [-0.3, -0.25) is 0 Å². The number of anilines is 1. The Balaban J connectivity index is 2.37. The van der Waals surface area contributed by atoms with Crippen molar-refractivity contribution >= 4 is 5.69 Å². The van der Waals surface area contributed by atoms with Crippen LogP contribution < -0.4 is 5.73 Å². The van der Waals surface area contributed by atoms with Crippen molar-refractivity contribution in [2.24, 2.45) is 0 Å². The van der Waals surface area contributed by atoms with Gasteiger partial charge < -0.3 is 20.8 Å². The molecule has 0 amide bonds. The monoisotopic (exact) mass is 238 g/mol. The van der Waals surface area contributed by atoms with E-state index in [-0.39, 0.29) is 12.4 Å². The number of phenols is 1. The number of aromatic hydroxyl groups is 1. The molecular weight excluding hydrogens is 216 g/mol. The van der Waals surface area contributed by atoms with Gasteiger partial charge in [-0.15, -0.1) is 0 Å². The smallest absolute Gasteiger partial charge is 0.138 e. The highest BCUT2D eigenvalue weighted by atomic mass is 16.3. The first-order valence-electron chi connectivity index (χ1n) is 6.08. The first kappa shape index (κ1) is 13.8. The van der Waals surface area contributed by atoms with E-state index >= 15 is 0 Å². The maximum Gasteiger partial charge on any atom is 0.138 e. The van der Waals surface area contributed by atoms with E-state index in [1.807, 2.05) is 12.1 Å². The number of benzene rings is 1. The fraction of sp³-hybridized carbons (Fsp3) is 0.538. The molecule has 0 aliphatic rings. The number of aliphatic hydroxyl groups is 1. The van der Waals surface area contributed by atoms with Crippen molar-refractivity contribution in [3.8, 4) is 5.75 Å². The molecule has 0 spiro atoms. The number of phenolic OH excluding ortho intramolecular Hbond substituents is 1. The molecule has 4 nitrogen and oxygen atoms in total. The predicted octanol–water partition coefficient (Wildman–Crippen LogP) is 1.22. The Labute approximate surface area is 103 Å². The molecule has 0 atom stereocenters. The van der Waals surface area contributed by atoms with Crippen LogP contribution in [0.2, 0.25) is 0 Å². The molecule has 0 radical (unpaired) electrons. The van der Waals surface area contributed by atoms with Crippen LogP contribution in [-0.2, 0) is 6.42 Å². The average Bonchev–Trinajstić information content (AvgIpc) is 2.32. The fourth-order valence-electron chi connectivity index (χ4n) is 1.84. The van der Waals surface area contributed by atoms with Crippen LogP contribution in [0, 0.1) is 0 Å². The molecule has 1 aromatic carbocycles. The van der Waals surface area contributed by atoms with Gasteiger partial charge in [-0.25, -0.2) is 0 Å². The lowest BCUT2D eigenvalue weighted by Crippen LogP contribution is -2.27. The second-order valence-corrected chi connectivity index (χ2v) is 4.15. The van der Waals surface area contributed by atoms with Crippen molar-refractivity contribution in [2.75, 3.05) is 32.0 Å². The maximum atomic E-state index is 9.30. The normalized spacial score (nSPS) is 11.0. The van der Waals surface area contributed by atoms with Gasteiger partial charge in [0.1, 0.15) is 5.75 Å². The third-order valence-electron chi connectivity index (χ3n) is 2.90. The number of rotatable bonds is 7. The van der Waals surface area contributed by atoms with Crippen LogP contribution in [0.25, 0.3) is 0 Å². The Morgan fingerprint density at radius 2 is 2.06 bits per heavy atom. The van der Waals surface area contributed by atoms with Crippen LogP contribution in [0.5, 0.6) is 5.75 Å². The number of aryl methyl sites for hydroxylation is 1. The second kappa shape index (κ2) is 7.14. The molecule has 4 N–H and O–H groups in total. The molecular formula is C13H22N2O2. The van der Waals surface area contributed by atoms with Gasteiger partial charge in [0.15, 0.2) is 0 Å². The quantitative estimate of drug-likeness (QED) is 0.493. The molecule has 0 fully saturated rings. The van der Waals surface area contributed by atoms with Gasteiger partial charge in [0.05, 0.1) is 12.3 Å². The SMILES string of the molecule is CCN(CCO)CCCc1ccc(O)c(N)c1. The Hall–Kier alpha value is -1.26. The molecule has 0 saturated heterocycles. The van der Waals surface area contributed by atoms with Crippen LogP contribution in [0.15, 0.2) is 18.2 Å². The summed E-state index contributed by atoms with van der Waals surface area (Å²) in [6.45, 7) is 4.96. The third kappa shape index (κ3) is 4.63. The molecule has 0 unspecified atom stereocenters. The summed E-state index contributed by atoms with van der Waals surface area (Å²) in [4.78, 5) is 2.21. The summed E-state index contributed by atoms with van der Waals surface area (Å²) in [5, 5.41) is 18.2. The van der Waals surface area contributed by atoms with Gasteiger partial charge in [-0.2, -0.15) is 0 Å². The molecule has 0 aliphatic heterocycles. The van der Waals surface area contributed by atoms with Crippen molar-refractivity contribution in [1.82, 2.24) is 4.90 Å². The summed E-state index contributed by atoms with van der Waals surface area (Å²) in [7, 11) is 0. The highest BCUT2D eigenvalue weighted by molar-refractivity contribution is 5.53. The Morgan fingerprint density at radius 3 is 2.65 bits per heavy atom. The van der Waals surface area contributed by atoms with Gasteiger partial charge in [0.25, 0.3) is 0 Å². The van der Waals surface area contributed by atoms with Crippen LogP contribution in [0.3, 0.4) is 0 Å². The number of hydrogen-bond donors (Lipinski definition) is 3. The predicted molar refractivity (Wildman–Crippen MR) is 70.0 cm³/mol. The largest absolute Gasteiger partial charge is 0.506 e. The molecule has 0 heterocycles. The zero-order valence-corrected chi connectivity index (χ0v) is 10.4. The molecule has 17 heavy (non-hydrogen) atoms. The van der Waals surface area contributed by atoms with Crippen LogP contribution in [0.1, 0.15) is 18.9 Å². The highest BCUT2D eigenvalue weighted by Gasteiger charge is 2.02. The summed E-state index contributed by atoms with van der Waals surface area (Å²) in [6.07, 6.45) is 1.96. The Bertz CT molecular complexity index is 342. The van der Waals surface area contributed by atoms with E-state index in [0.29, 0.717) is 5.69 Å². The van der Waals surface area contributed by atoms with Gasteiger partial charge in [-0.1, -0.05) is 13.0 Å². The lowest BCUT2D eigenvalue weighted by molar-refractivity contribution is 0.200. The second-order valence-electron chi connectivity index (χ2n) is 4.15. The maximum absolute atomic E-state index is 9.30. The third-order valence-corrected chi connectivity index (χ3v) is 2.90. The molecule has 0 saturated carbocycles. The number of nitrogen functional groups attached to an aromatic ring is 1. The zero-order valence-electron chi connectivity index (χ0n) is 10.4. The average molecular weight is 238 g/mol. The van der Waals surface area contributed by atoms with Gasteiger partial charge in [0.2, 0.25) is 0 Å². The van der Waals surface area contributed by atoms with E-state index in [1.165, 1.54) is 0 Å². The highest BCUT2D eigenvalue weighted by Crippen LogP contribution is 2.21. The van der Waals surface area contributed by atoms with Crippen molar-refractivity contribution in [1.29, 1.82) is 0 Å². The van der Waals surface area contributed by atoms with Gasteiger partial charge >= 0.3 is 0 Å². The molecule has 0 bridgehead atoms. The summed E-state index contributed by atoms with van der Waals surface area (Å²) < 4.78 is 0. The topological polar surface area (TPSA) is 69.7 Å². The first-order chi connectivity index (χ1) is 8.17. The van der Waals surface area contributed by atoms with E-state index in [1.54, 1.807) is 6.07 Å². The van der Waals surface area contributed by atoms with Crippen molar-refractivity contribution in [3.05, 3.63) is 23.8 Å². The molecule has 1 aromatic rings. The number of likely N-dealkylation sites (N-methyl/N-ethyl adjacent to an activating group) is 1. The minimum absolute atomic E-state index is 0.143. The van der Waals surface area contributed by atoms with E-state index in [0.717, 1.165) is 38.0 Å².